The Hall–Kier alpha value is -3.26. The van der Waals surface area contributed by atoms with Crippen molar-refractivity contribution >= 4 is 19.7 Å². The third-order valence-corrected chi connectivity index (χ3v) is 9.62. The van der Waals surface area contributed by atoms with E-state index in [0.717, 1.165) is 31.2 Å². The fourth-order valence-electron chi connectivity index (χ4n) is 5.65. The average molecular weight is 580 g/mol. The first-order valence-electron chi connectivity index (χ1n) is 14.3. The molecule has 2 unspecified atom stereocenters. The summed E-state index contributed by atoms with van der Waals surface area (Å²) in [5, 5.41) is 15.3. The molecule has 2 atom stereocenters. The summed E-state index contributed by atoms with van der Waals surface area (Å²) in [7, 11) is -0.822. The van der Waals surface area contributed by atoms with Gasteiger partial charge in [-0.05, 0) is 69.5 Å². The predicted molar refractivity (Wildman–Crippen MR) is 157 cm³/mol. The van der Waals surface area contributed by atoms with E-state index in [1.165, 1.54) is 12.1 Å². The Balaban J connectivity index is 1.38. The summed E-state index contributed by atoms with van der Waals surface area (Å²) in [4.78, 5) is 26.9. The molecule has 0 aromatic heterocycles. The van der Waals surface area contributed by atoms with Gasteiger partial charge in [0.05, 0.1) is 22.5 Å². The average Bonchev–Trinajstić information content (AvgIpc) is 3.86. The van der Waals surface area contributed by atoms with Crippen LogP contribution < -0.4 is 5.32 Å². The Morgan fingerprint density at radius 1 is 1.07 bits per heavy atom. The lowest BCUT2D eigenvalue weighted by Gasteiger charge is -2.32. The third-order valence-electron chi connectivity index (χ3n) is 8.03. The van der Waals surface area contributed by atoms with Gasteiger partial charge in [-0.3, -0.25) is 19.6 Å². The summed E-state index contributed by atoms with van der Waals surface area (Å²) in [6, 6.07) is 16.2. The molecule has 2 aromatic carbocycles. The Morgan fingerprint density at radius 3 is 2.39 bits per heavy atom. The second kappa shape index (κ2) is 12.7. The zero-order valence-electron chi connectivity index (χ0n) is 23.8. The highest BCUT2D eigenvalue weighted by Gasteiger charge is 2.45. The maximum Gasteiger partial charge on any atom is 0.336 e. The van der Waals surface area contributed by atoms with Crippen LogP contribution in [0.15, 0.2) is 76.9 Å². The summed E-state index contributed by atoms with van der Waals surface area (Å²) in [5.74, 6) is -0.462. The molecule has 2 fully saturated rings. The number of nitrogens with zero attached hydrogens (tertiary/aromatic N) is 2. The van der Waals surface area contributed by atoms with Gasteiger partial charge in [-0.15, -0.1) is 0 Å². The number of likely N-dealkylation sites (N-methyl/N-ethyl adjacent to an activating group) is 1. The van der Waals surface area contributed by atoms with Gasteiger partial charge in [0, 0.05) is 41.9 Å². The van der Waals surface area contributed by atoms with Gasteiger partial charge in [0.2, 0.25) is 8.03 Å². The van der Waals surface area contributed by atoms with Crippen LogP contribution in [0.4, 0.5) is 5.69 Å². The van der Waals surface area contributed by atoms with E-state index in [4.69, 9.17) is 9.26 Å². The molecule has 3 aliphatic rings. The first-order valence-corrected chi connectivity index (χ1v) is 15.6. The lowest BCUT2D eigenvalue weighted by molar-refractivity contribution is -0.384. The SMILES string of the molecule is CC1=C(C(=O)OCCN(C)Cc2ccccc2)C(c2cccc([N+](=O)[O-])c2)C([PH](=O)OC(C2CC2)C2CC2)=C(C)N1. The van der Waals surface area contributed by atoms with Crippen molar-refractivity contribution in [3.05, 3.63) is 98.1 Å². The van der Waals surface area contributed by atoms with Crippen molar-refractivity contribution in [2.45, 2.75) is 58.1 Å². The molecule has 0 radical (unpaired) electrons. The van der Waals surface area contributed by atoms with Gasteiger partial charge in [0.25, 0.3) is 5.69 Å². The standard InChI is InChI=1S/C31H38N3O6P/c1-20-27(31(35)39-17-16-33(3)19-22-8-5-4-6-9-22)28(25-10-7-11-26(18-25)34(36)37)30(21(2)32-20)41(38)40-29(23-12-13-23)24-14-15-24/h4-11,18,23-24,28-29,32,41H,12-17,19H2,1-3H3. The van der Waals surface area contributed by atoms with Gasteiger partial charge in [0.1, 0.15) is 6.61 Å². The zero-order valence-corrected chi connectivity index (χ0v) is 24.8. The van der Waals surface area contributed by atoms with Crippen LogP contribution in [-0.4, -0.2) is 42.1 Å². The largest absolute Gasteiger partial charge is 0.461 e. The van der Waals surface area contributed by atoms with E-state index < -0.39 is 24.8 Å². The molecular formula is C31H38N3O6P. The number of ether oxygens (including phenoxy) is 1. The molecule has 1 heterocycles. The van der Waals surface area contributed by atoms with Gasteiger partial charge in [-0.2, -0.15) is 0 Å². The molecule has 41 heavy (non-hydrogen) atoms. The second-order valence-corrected chi connectivity index (χ2v) is 12.7. The number of hydrogen-bond donors (Lipinski definition) is 1. The summed E-state index contributed by atoms with van der Waals surface area (Å²) < 4.78 is 26.1. The second-order valence-electron chi connectivity index (χ2n) is 11.4. The number of allylic oxidation sites excluding steroid dienone is 3. The van der Waals surface area contributed by atoms with Crippen LogP contribution >= 0.6 is 8.03 Å². The van der Waals surface area contributed by atoms with Crippen molar-refractivity contribution in [3.63, 3.8) is 0 Å². The topological polar surface area (TPSA) is 111 Å². The molecule has 1 N–H and O–H groups in total. The third kappa shape index (κ3) is 7.15. The fraction of sp³-hybridized carbons (Fsp3) is 0.452. The highest BCUT2D eigenvalue weighted by molar-refractivity contribution is 7.44. The first-order chi connectivity index (χ1) is 19.7. The Labute approximate surface area is 241 Å². The minimum absolute atomic E-state index is 0.0463. The predicted octanol–water partition coefficient (Wildman–Crippen LogP) is 6.14. The lowest BCUT2D eigenvalue weighted by Crippen LogP contribution is -2.30. The number of hydrogen-bond acceptors (Lipinski definition) is 8. The molecule has 0 amide bonds. The van der Waals surface area contributed by atoms with E-state index in [0.29, 0.717) is 52.8 Å². The highest BCUT2D eigenvalue weighted by Crippen LogP contribution is 2.56. The van der Waals surface area contributed by atoms with E-state index >= 15 is 0 Å². The molecule has 2 saturated carbocycles. The van der Waals surface area contributed by atoms with Crippen molar-refractivity contribution < 1.29 is 23.5 Å². The van der Waals surface area contributed by atoms with Crippen LogP contribution in [0.5, 0.6) is 0 Å². The molecule has 5 rings (SSSR count). The number of dihydropyridines is 1. The minimum Gasteiger partial charge on any atom is -0.461 e. The molecule has 0 spiro atoms. The lowest BCUT2D eigenvalue weighted by atomic mass is 9.86. The van der Waals surface area contributed by atoms with Crippen molar-refractivity contribution in [2.24, 2.45) is 11.8 Å². The minimum atomic E-state index is -2.78. The van der Waals surface area contributed by atoms with Gasteiger partial charge in [-0.25, -0.2) is 4.79 Å². The molecule has 2 aliphatic carbocycles. The van der Waals surface area contributed by atoms with Crippen LogP contribution in [0.2, 0.25) is 0 Å². The molecule has 9 nitrogen and oxygen atoms in total. The normalized spacial score (nSPS) is 19.9. The van der Waals surface area contributed by atoms with Crippen molar-refractivity contribution in [1.29, 1.82) is 0 Å². The number of carbonyl (C=O) groups excluding carboxylic acids is 1. The maximum absolute atomic E-state index is 14.0. The smallest absolute Gasteiger partial charge is 0.336 e. The molecular weight excluding hydrogens is 541 g/mol. The van der Waals surface area contributed by atoms with Crippen LogP contribution in [-0.2, 0) is 25.2 Å². The number of carbonyl (C=O) groups is 1. The van der Waals surface area contributed by atoms with E-state index in [9.17, 15) is 19.5 Å². The molecule has 10 heteroatoms. The van der Waals surface area contributed by atoms with Crippen LogP contribution in [0.25, 0.3) is 0 Å². The van der Waals surface area contributed by atoms with Gasteiger partial charge in [0.15, 0.2) is 0 Å². The van der Waals surface area contributed by atoms with E-state index in [1.807, 2.05) is 44.3 Å². The Kier molecular flexibility index (Phi) is 9.07. The van der Waals surface area contributed by atoms with Gasteiger partial charge in [-0.1, -0.05) is 42.5 Å². The molecule has 218 valence electrons. The van der Waals surface area contributed by atoms with Gasteiger partial charge < -0.3 is 14.6 Å². The molecule has 2 aromatic rings. The number of nitro benzene ring substituents is 1. The Bertz CT molecular complexity index is 1370. The highest BCUT2D eigenvalue weighted by atomic mass is 31.1. The van der Waals surface area contributed by atoms with E-state index in [1.54, 1.807) is 19.1 Å². The number of benzene rings is 2. The van der Waals surface area contributed by atoms with Gasteiger partial charge >= 0.3 is 5.97 Å². The summed E-state index contributed by atoms with van der Waals surface area (Å²) >= 11 is 0. The number of nitrogens with one attached hydrogen (secondary N) is 1. The van der Waals surface area contributed by atoms with Crippen LogP contribution in [0.1, 0.15) is 56.6 Å². The molecule has 0 bridgehead atoms. The summed E-state index contributed by atoms with van der Waals surface area (Å²) in [6.45, 7) is 4.99. The van der Waals surface area contributed by atoms with E-state index in [-0.39, 0.29) is 18.4 Å². The number of non-ortho nitro benzene ring substituents is 1. The summed E-state index contributed by atoms with van der Waals surface area (Å²) in [6.07, 6.45) is 4.27. The van der Waals surface area contributed by atoms with Crippen LogP contribution in [0, 0.1) is 22.0 Å². The van der Waals surface area contributed by atoms with E-state index in [2.05, 4.69) is 10.2 Å². The number of rotatable bonds is 13. The van der Waals surface area contributed by atoms with Crippen molar-refractivity contribution in [1.82, 2.24) is 10.2 Å². The molecule has 1 aliphatic heterocycles. The molecule has 0 saturated heterocycles. The Morgan fingerprint density at radius 2 is 1.76 bits per heavy atom. The maximum atomic E-state index is 14.0. The van der Waals surface area contributed by atoms with Crippen molar-refractivity contribution in [3.8, 4) is 0 Å². The zero-order chi connectivity index (χ0) is 29.1. The summed E-state index contributed by atoms with van der Waals surface area (Å²) in [5.41, 5.74) is 3.09. The fourth-order valence-corrected chi connectivity index (χ4v) is 7.32. The first kappa shape index (κ1) is 29.2. The van der Waals surface area contributed by atoms with Crippen molar-refractivity contribution in [2.75, 3.05) is 20.2 Å². The quantitative estimate of drug-likeness (QED) is 0.130. The number of nitro groups is 1. The van der Waals surface area contributed by atoms with Crippen LogP contribution in [0.3, 0.4) is 0 Å². The monoisotopic (exact) mass is 579 g/mol. The number of esters is 1.